The maximum atomic E-state index is 14.6. The minimum Gasteiger partial charge on any atom is -0.497 e. The number of carboxylic acids is 1. The molecule has 54 heavy (non-hydrogen) atoms. The van der Waals surface area contributed by atoms with E-state index in [4.69, 9.17) is 19.7 Å². The van der Waals surface area contributed by atoms with Crippen LogP contribution in [0.2, 0.25) is 0 Å². The highest BCUT2D eigenvalue weighted by Gasteiger charge is 2.61. The number of fused-ring (bicyclic) bond motifs is 2. The number of benzene rings is 2. The van der Waals surface area contributed by atoms with Crippen molar-refractivity contribution in [3.63, 3.8) is 0 Å². The fourth-order valence-electron chi connectivity index (χ4n) is 7.16. The molecule has 4 amide bonds. The van der Waals surface area contributed by atoms with Crippen molar-refractivity contribution in [2.24, 2.45) is 5.92 Å². The number of hydrogen-bond acceptors (Lipinski definition) is 10. The Bertz CT molecular complexity index is 2020. The van der Waals surface area contributed by atoms with Crippen molar-refractivity contribution in [1.29, 1.82) is 0 Å². The van der Waals surface area contributed by atoms with Crippen LogP contribution >= 0.6 is 11.3 Å². The highest BCUT2D eigenvalue weighted by Crippen LogP contribution is 2.46. The van der Waals surface area contributed by atoms with E-state index in [1.54, 1.807) is 44.7 Å². The van der Waals surface area contributed by atoms with Gasteiger partial charge in [0.05, 0.1) is 20.3 Å². The van der Waals surface area contributed by atoms with Crippen LogP contribution in [0, 0.1) is 5.92 Å². The molecule has 0 radical (unpaired) electrons. The highest BCUT2D eigenvalue weighted by molar-refractivity contribution is 7.13. The molecule has 1 saturated carbocycles. The van der Waals surface area contributed by atoms with Gasteiger partial charge in [-0.3, -0.25) is 9.59 Å². The smallest absolute Gasteiger partial charge is 0.330 e. The summed E-state index contributed by atoms with van der Waals surface area (Å²) < 4.78 is 10.6. The molecule has 0 spiro atoms. The predicted molar refractivity (Wildman–Crippen MR) is 200 cm³/mol. The van der Waals surface area contributed by atoms with E-state index in [-0.39, 0.29) is 25.3 Å². The molecule has 0 unspecified atom stereocenters. The van der Waals surface area contributed by atoms with Crippen LogP contribution in [0.3, 0.4) is 0 Å². The van der Waals surface area contributed by atoms with Crippen LogP contribution in [0.5, 0.6) is 11.5 Å². The number of thiazole rings is 1. The van der Waals surface area contributed by atoms with Crippen molar-refractivity contribution in [3.8, 4) is 33.5 Å². The zero-order valence-corrected chi connectivity index (χ0v) is 30.8. The molecule has 2 aromatic carbocycles. The molecule has 1 aliphatic carbocycles. The molecule has 2 aliphatic heterocycles. The summed E-state index contributed by atoms with van der Waals surface area (Å²) in [6.45, 7) is 0.0483. The standard InChI is InChI=1S/C38H42N8O7S/c1-52-27-14-10-23(11-15-27)31-32(34-39-18-19-54-34)44-46(43-31)26-20-30-33(47)42-38(36(49)50)21-24(38)8-6-4-3-5-7-9-29(35(48)45(30)22-26)41-37(51)40-25-12-16-28(53-2)17-13-25/h6,8,10-19,24,26,29-30H,3-5,7,9,20-22H2,1-2H3,(H,42,47)(H,49,50)(H2,40,41,51)/b8-6-/t24-,26+,29+,30+,38+/m1/s1. The molecule has 282 valence electrons. The Hall–Kier alpha value is -5.77. The molecular formula is C38H42N8O7S. The van der Waals surface area contributed by atoms with Gasteiger partial charge in [0.25, 0.3) is 0 Å². The van der Waals surface area contributed by atoms with Crippen LogP contribution < -0.4 is 25.4 Å². The van der Waals surface area contributed by atoms with Crippen molar-refractivity contribution < 1.29 is 33.8 Å². The van der Waals surface area contributed by atoms with Gasteiger partial charge in [0.2, 0.25) is 11.8 Å². The Morgan fingerprint density at radius 2 is 1.70 bits per heavy atom. The maximum absolute atomic E-state index is 14.6. The molecule has 4 heterocycles. The van der Waals surface area contributed by atoms with Gasteiger partial charge >= 0.3 is 12.0 Å². The van der Waals surface area contributed by atoms with Crippen LogP contribution in [0.1, 0.15) is 51.0 Å². The summed E-state index contributed by atoms with van der Waals surface area (Å²) in [6.07, 6.45) is 9.23. The summed E-state index contributed by atoms with van der Waals surface area (Å²) in [4.78, 5) is 62.1. The Morgan fingerprint density at radius 1 is 0.981 bits per heavy atom. The third-order valence-electron chi connectivity index (χ3n) is 10.2. The van der Waals surface area contributed by atoms with Crippen LogP contribution in [0.15, 0.2) is 72.3 Å². The molecule has 15 nitrogen and oxygen atoms in total. The molecule has 4 N–H and O–H groups in total. The number of nitrogens with zero attached hydrogens (tertiary/aromatic N) is 5. The Kier molecular flexibility index (Phi) is 10.6. The van der Waals surface area contributed by atoms with Crippen LogP contribution in [-0.2, 0) is 14.4 Å². The highest BCUT2D eigenvalue weighted by atomic mass is 32.1. The molecule has 5 atom stereocenters. The van der Waals surface area contributed by atoms with Crippen LogP contribution in [-0.4, -0.2) is 92.2 Å². The number of urea groups is 1. The zero-order valence-electron chi connectivity index (χ0n) is 29.9. The number of nitrogens with one attached hydrogen (secondary N) is 3. The predicted octanol–water partition coefficient (Wildman–Crippen LogP) is 4.90. The van der Waals surface area contributed by atoms with Crippen molar-refractivity contribution in [3.05, 3.63) is 72.3 Å². The third kappa shape index (κ3) is 7.64. The fraction of sp³-hybridized carbons (Fsp3) is 0.395. The molecular weight excluding hydrogens is 713 g/mol. The summed E-state index contributed by atoms with van der Waals surface area (Å²) in [6, 6.07) is 11.1. The number of aromatic nitrogens is 4. The molecule has 1 saturated heterocycles. The summed E-state index contributed by atoms with van der Waals surface area (Å²) in [5.41, 5.74) is 0.939. The summed E-state index contributed by atoms with van der Waals surface area (Å²) in [5, 5.41) is 31.0. The van der Waals surface area contributed by atoms with Gasteiger partial charge in [0.15, 0.2) is 0 Å². The number of hydrogen-bond donors (Lipinski definition) is 4. The summed E-state index contributed by atoms with van der Waals surface area (Å²) >= 11 is 1.41. The van der Waals surface area contributed by atoms with E-state index in [9.17, 15) is 24.3 Å². The quantitative estimate of drug-likeness (QED) is 0.180. The Balaban J connectivity index is 1.21. The summed E-state index contributed by atoms with van der Waals surface area (Å²) in [5.74, 6) is -1.20. The number of carboxylic acid groups (broad SMARTS) is 1. The SMILES string of the molecule is COc1ccc(NC(=O)N[C@H]2CCCCC/C=C\[C@@H]3C[C@]3(C(=O)O)NC(=O)[C@@H]3C[C@H](n4nc(-c5ccc(OC)cc5)c(-c5nccs5)n4)CN3C2=O)cc1. The number of carbonyl (C=O) groups is 4. The number of aliphatic carboxylic acids is 1. The van der Waals surface area contributed by atoms with E-state index in [0.717, 1.165) is 24.8 Å². The lowest BCUT2D eigenvalue weighted by molar-refractivity contribution is -0.145. The first-order chi connectivity index (χ1) is 26.2. The van der Waals surface area contributed by atoms with Gasteiger partial charge < -0.3 is 35.4 Å². The van der Waals surface area contributed by atoms with E-state index in [0.29, 0.717) is 46.4 Å². The lowest BCUT2D eigenvalue weighted by atomic mass is 10.0. The summed E-state index contributed by atoms with van der Waals surface area (Å²) in [7, 11) is 3.14. The van der Waals surface area contributed by atoms with E-state index in [1.807, 2.05) is 41.8 Å². The molecule has 0 bridgehead atoms. The molecule has 7 rings (SSSR count). The zero-order chi connectivity index (χ0) is 37.8. The van der Waals surface area contributed by atoms with Gasteiger partial charge in [-0.05, 0) is 74.2 Å². The molecule has 16 heteroatoms. The number of amides is 4. The first kappa shape index (κ1) is 36.6. The first-order valence-electron chi connectivity index (χ1n) is 17.9. The van der Waals surface area contributed by atoms with Gasteiger partial charge in [-0.15, -0.1) is 16.4 Å². The Morgan fingerprint density at radius 3 is 2.39 bits per heavy atom. The molecule has 3 aliphatic rings. The maximum Gasteiger partial charge on any atom is 0.330 e. The van der Waals surface area contributed by atoms with E-state index >= 15 is 0 Å². The molecule has 2 fully saturated rings. The number of methoxy groups -OCH3 is 2. The van der Waals surface area contributed by atoms with E-state index in [2.05, 4.69) is 20.9 Å². The van der Waals surface area contributed by atoms with Gasteiger partial charge in [-0.25, -0.2) is 14.6 Å². The van der Waals surface area contributed by atoms with Crippen molar-refractivity contribution in [2.45, 2.75) is 68.6 Å². The second-order valence-electron chi connectivity index (χ2n) is 13.7. The first-order valence-corrected chi connectivity index (χ1v) is 18.8. The Labute approximate surface area is 315 Å². The lowest BCUT2D eigenvalue weighted by Crippen LogP contribution is -2.56. The molecule has 2 aromatic heterocycles. The number of carbonyl (C=O) groups excluding carboxylic acids is 3. The third-order valence-corrected chi connectivity index (χ3v) is 11.0. The number of anilines is 1. The second kappa shape index (κ2) is 15.7. The normalized spacial score (nSPS) is 24.9. The average Bonchev–Trinajstić information content (AvgIpc) is 3.63. The minimum atomic E-state index is -1.46. The van der Waals surface area contributed by atoms with Crippen molar-refractivity contribution in [2.75, 3.05) is 26.1 Å². The van der Waals surface area contributed by atoms with Gasteiger partial charge in [-0.1, -0.05) is 25.0 Å². The van der Waals surface area contributed by atoms with Crippen molar-refractivity contribution >= 4 is 40.8 Å². The van der Waals surface area contributed by atoms with Gasteiger partial charge in [0, 0.05) is 41.7 Å². The minimum absolute atomic E-state index is 0.0483. The van der Waals surface area contributed by atoms with Crippen LogP contribution in [0.4, 0.5) is 10.5 Å². The average molecular weight is 755 g/mol. The van der Waals surface area contributed by atoms with E-state index < -0.39 is 47.5 Å². The number of rotatable bonds is 8. The number of ether oxygens (including phenoxy) is 2. The largest absolute Gasteiger partial charge is 0.497 e. The monoisotopic (exact) mass is 754 g/mol. The topological polar surface area (TPSA) is 190 Å². The second-order valence-corrected chi connectivity index (χ2v) is 14.6. The van der Waals surface area contributed by atoms with Gasteiger partial charge in [-0.2, -0.15) is 9.90 Å². The number of allylic oxidation sites excluding steroid dienone is 1. The van der Waals surface area contributed by atoms with Crippen LogP contribution in [0.25, 0.3) is 22.0 Å². The van der Waals surface area contributed by atoms with Crippen molar-refractivity contribution in [1.82, 2.24) is 35.5 Å². The van der Waals surface area contributed by atoms with E-state index in [1.165, 1.54) is 21.0 Å². The fourth-order valence-corrected chi connectivity index (χ4v) is 7.78. The van der Waals surface area contributed by atoms with Gasteiger partial charge in [0.1, 0.15) is 45.5 Å². The lowest BCUT2D eigenvalue weighted by Gasteiger charge is -2.29. The molecule has 4 aromatic rings.